The maximum absolute atomic E-state index is 11.9. The summed E-state index contributed by atoms with van der Waals surface area (Å²) in [6, 6.07) is 0.554. The van der Waals surface area contributed by atoms with Crippen LogP contribution in [0.4, 0.5) is 0 Å². The predicted octanol–water partition coefficient (Wildman–Crippen LogP) is 0.704. The van der Waals surface area contributed by atoms with E-state index in [0.717, 1.165) is 26.2 Å². The Balaban J connectivity index is 1.92. The first-order valence-electron chi connectivity index (χ1n) is 5.49. The Labute approximate surface area is 99.2 Å². The molecule has 88 valence electrons. The fourth-order valence-corrected chi connectivity index (χ4v) is 2.29. The van der Waals surface area contributed by atoms with Gasteiger partial charge in [-0.25, -0.2) is 0 Å². The number of hydrogen-bond acceptors (Lipinski definition) is 5. The van der Waals surface area contributed by atoms with E-state index in [4.69, 9.17) is 0 Å². The zero-order valence-electron chi connectivity index (χ0n) is 9.59. The van der Waals surface area contributed by atoms with Crippen molar-refractivity contribution in [3.8, 4) is 0 Å². The van der Waals surface area contributed by atoms with Crippen molar-refractivity contribution in [1.82, 2.24) is 19.4 Å². The Kier molecular flexibility index (Phi) is 3.50. The molecule has 0 radical (unpaired) electrons. The maximum Gasteiger partial charge on any atom is 0.275 e. The van der Waals surface area contributed by atoms with Gasteiger partial charge in [0, 0.05) is 37.6 Å². The molecular weight excluding hydrogens is 224 g/mol. The molecule has 1 aromatic rings. The molecule has 2 rings (SSSR count). The summed E-state index contributed by atoms with van der Waals surface area (Å²) in [6.45, 7) is 7.83. The van der Waals surface area contributed by atoms with Crippen molar-refractivity contribution in [2.75, 3.05) is 26.2 Å². The Morgan fingerprint density at radius 3 is 2.56 bits per heavy atom. The van der Waals surface area contributed by atoms with E-state index in [1.165, 1.54) is 11.5 Å². The van der Waals surface area contributed by atoms with Crippen LogP contribution in [-0.4, -0.2) is 57.5 Å². The number of carbonyl (C=O) groups is 1. The molecule has 5 nitrogen and oxygen atoms in total. The number of rotatable bonds is 2. The number of piperazine rings is 1. The lowest BCUT2D eigenvalue weighted by atomic mass is 10.2. The molecule has 6 heteroatoms. The van der Waals surface area contributed by atoms with Gasteiger partial charge in [-0.15, -0.1) is 5.10 Å². The largest absolute Gasteiger partial charge is 0.335 e. The molecule has 0 atom stereocenters. The van der Waals surface area contributed by atoms with Crippen molar-refractivity contribution in [3.63, 3.8) is 0 Å². The molecule has 1 aliphatic rings. The maximum atomic E-state index is 11.9. The summed E-state index contributed by atoms with van der Waals surface area (Å²) in [7, 11) is 0. The summed E-state index contributed by atoms with van der Waals surface area (Å²) in [5, 5.41) is 5.51. The topological polar surface area (TPSA) is 49.3 Å². The van der Waals surface area contributed by atoms with Crippen molar-refractivity contribution in [2.45, 2.75) is 19.9 Å². The number of amides is 1. The zero-order chi connectivity index (χ0) is 11.5. The van der Waals surface area contributed by atoms with Crippen LogP contribution in [0.1, 0.15) is 24.3 Å². The smallest absolute Gasteiger partial charge is 0.275 e. The lowest BCUT2D eigenvalue weighted by Crippen LogP contribution is -2.50. The molecule has 0 spiro atoms. The molecule has 16 heavy (non-hydrogen) atoms. The quantitative estimate of drug-likeness (QED) is 0.763. The molecule has 1 aromatic heterocycles. The van der Waals surface area contributed by atoms with E-state index in [9.17, 15) is 4.79 Å². The van der Waals surface area contributed by atoms with Crippen LogP contribution in [0.2, 0.25) is 0 Å². The first-order chi connectivity index (χ1) is 7.68. The van der Waals surface area contributed by atoms with E-state index >= 15 is 0 Å². The van der Waals surface area contributed by atoms with Gasteiger partial charge < -0.3 is 4.90 Å². The summed E-state index contributed by atoms with van der Waals surface area (Å²) < 4.78 is 3.72. The molecule has 0 bridgehead atoms. The highest BCUT2D eigenvalue weighted by atomic mass is 32.1. The summed E-state index contributed by atoms with van der Waals surface area (Å²) in [6.07, 6.45) is 0. The molecule has 1 amide bonds. The fourth-order valence-electron chi connectivity index (χ4n) is 1.86. The molecular formula is C10H16N4OS. The first-order valence-corrected chi connectivity index (χ1v) is 6.32. The van der Waals surface area contributed by atoms with Crippen molar-refractivity contribution in [2.24, 2.45) is 0 Å². The van der Waals surface area contributed by atoms with Crippen LogP contribution < -0.4 is 0 Å². The van der Waals surface area contributed by atoms with Gasteiger partial charge in [0.05, 0.1) is 0 Å². The molecule has 1 saturated heterocycles. The van der Waals surface area contributed by atoms with E-state index in [-0.39, 0.29) is 5.91 Å². The first kappa shape index (κ1) is 11.5. The Morgan fingerprint density at radius 1 is 1.38 bits per heavy atom. The van der Waals surface area contributed by atoms with Crippen molar-refractivity contribution >= 4 is 17.4 Å². The van der Waals surface area contributed by atoms with Gasteiger partial charge in [-0.2, -0.15) is 0 Å². The summed E-state index contributed by atoms with van der Waals surface area (Å²) >= 11 is 1.22. The monoisotopic (exact) mass is 240 g/mol. The van der Waals surface area contributed by atoms with E-state index in [1.807, 2.05) is 4.90 Å². The van der Waals surface area contributed by atoms with Crippen molar-refractivity contribution < 1.29 is 4.79 Å². The van der Waals surface area contributed by atoms with Crippen LogP contribution in [-0.2, 0) is 0 Å². The van der Waals surface area contributed by atoms with Crippen LogP contribution in [0, 0.1) is 0 Å². The third-order valence-electron chi connectivity index (χ3n) is 2.91. The Bertz CT molecular complexity index is 344. The molecule has 0 aromatic carbocycles. The molecule has 0 N–H and O–H groups in total. The van der Waals surface area contributed by atoms with Gasteiger partial charge in [0.1, 0.15) is 0 Å². The average Bonchev–Trinajstić information content (AvgIpc) is 2.81. The lowest BCUT2D eigenvalue weighted by Gasteiger charge is -2.36. The number of hydrogen-bond donors (Lipinski definition) is 0. The van der Waals surface area contributed by atoms with E-state index in [2.05, 4.69) is 28.3 Å². The highest BCUT2D eigenvalue weighted by molar-refractivity contribution is 7.03. The average molecular weight is 240 g/mol. The van der Waals surface area contributed by atoms with E-state index < -0.39 is 0 Å². The SMILES string of the molecule is CC(C)N1CCN(C(=O)c2csnn2)CC1. The van der Waals surface area contributed by atoms with E-state index in [1.54, 1.807) is 5.38 Å². The fraction of sp³-hybridized carbons (Fsp3) is 0.700. The highest BCUT2D eigenvalue weighted by Gasteiger charge is 2.24. The van der Waals surface area contributed by atoms with Gasteiger partial charge in [0.2, 0.25) is 0 Å². The summed E-state index contributed by atoms with van der Waals surface area (Å²) in [4.78, 5) is 16.2. The minimum Gasteiger partial charge on any atom is -0.335 e. The summed E-state index contributed by atoms with van der Waals surface area (Å²) in [5.74, 6) is 0.0113. The van der Waals surface area contributed by atoms with Crippen LogP contribution in [0.15, 0.2) is 5.38 Å². The second-order valence-corrected chi connectivity index (χ2v) is 4.82. The number of carbonyl (C=O) groups excluding carboxylic acids is 1. The Morgan fingerprint density at radius 2 is 2.06 bits per heavy atom. The second-order valence-electron chi connectivity index (χ2n) is 4.21. The summed E-state index contributed by atoms with van der Waals surface area (Å²) in [5.41, 5.74) is 0.475. The molecule has 0 aliphatic carbocycles. The van der Waals surface area contributed by atoms with E-state index in [0.29, 0.717) is 11.7 Å². The van der Waals surface area contributed by atoms with Crippen LogP contribution in [0.3, 0.4) is 0 Å². The van der Waals surface area contributed by atoms with Gasteiger partial charge in [-0.05, 0) is 25.4 Å². The van der Waals surface area contributed by atoms with Gasteiger partial charge in [-0.3, -0.25) is 9.69 Å². The van der Waals surface area contributed by atoms with Gasteiger partial charge in [0.15, 0.2) is 5.69 Å². The van der Waals surface area contributed by atoms with Crippen molar-refractivity contribution in [1.29, 1.82) is 0 Å². The third-order valence-corrected chi connectivity index (χ3v) is 3.42. The second kappa shape index (κ2) is 4.88. The molecule has 0 unspecified atom stereocenters. The standard InChI is InChI=1S/C10H16N4OS/c1-8(2)13-3-5-14(6-4-13)10(15)9-7-16-12-11-9/h7-8H,3-6H2,1-2H3. The molecule has 0 saturated carbocycles. The minimum atomic E-state index is 0.0113. The van der Waals surface area contributed by atoms with Gasteiger partial charge >= 0.3 is 0 Å². The van der Waals surface area contributed by atoms with Crippen LogP contribution >= 0.6 is 11.5 Å². The molecule has 1 aliphatic heterocycles. The predicted molar refractivity (Wildman–Crippen MR) is 62.5 cm³/mol. The number of nitrogens with zero attached hydrogens (tertiary/aromatic N) is 4. The number of aromatic nitrogens is 2. The lowest BCUT2D eigenvalue weighted by molar-refractivity contribution is 0.0590. The highest BCUT2D eigenvalue weighted by Crippen LogP contribution is 2.09. The normalized spacial score (nSPS) is 18.1. The minimum absolute atomic E-state index is 0.0113. The third kappa shape index (κ3) is 2.38. The zero-order valence-corrected chi connectivity index (χ0v) is 10.4. The van der Waals surface area contributed by atoms with Crippen molar-refractivity contribution in [3.05, 3.63) is 11.1 Å². The Hall–Kier alpha value is -1.01. The van der Waals surface area contributed by atoms with Crippen LogP contribution in [0.25, 0.3) is 0 Å². The molecule has 2 heterocycles. The molecule has 1 fully saturated rings. The van der Waals surface area contributed by atoms with Gasteiger partial charge in [0.25, 0.3) is 5.91 Å². The van der Waals surface area contributed by atoms with Crippen LogP contribution in [0.5, 0.6) is 0 Å². The van der Waals surface area contributed by atoms with Gasteiger partial charge in [-0.1, -0.05) is 4.49 Å².